The molecule has 0 spiro atoms. The summed E-state index contributed by atoms with van der Waals surface area (Å²) in [7, 11) is 1.34. The molecule has 0 aliphatic carbocycles. The third-order valence-electron chi connectivity index (χ3n) is 5.68. The van der Waals surface area contributed by atoms with Gasteiger partial charge >= 0.3 is 11.9 Å². The minimum Gasteiger partial charge on any atom is -0.444 e. The van der Waals surface area contributed by atoms with Gasteiger partial charge in [0.05, 0.1) is 17.0 Å². The number of benzene rings is 1. The third-order valence-corrected chi connectivity index (χ3v) is 5.80. The second-order valence-electron chi connectivity index (χ2n) is 9.97. The zero-order valence-corrected chi connectivity index (χ0v) is 21.6. The van der Waals surface area contributed by atoms with Gasteiger partial charge in [0.15, 0.2) is 0 Å². The van der Waals surface area contributed by atoms with Crippen molar-refractivity contribution < 1.29 is 23.0 Å². The molecule has 0 radical (unpaired) electrons. The van der Waals surface area contributed by atoms with E-state index in [0.717, 1.165) is 11.3 Å². The number of carbonyl (C=O) groups excluding carboxylic acids is 1. The number of ether oxygens (including phenoxy) is 2. The van der Waals surface area contributed by atoms with E-state index >= 15 is 0 Å². The van der Waals surface area contributed by atoms with Gasteiger partial charge in [-0.25, -0.2) is 9.78 Å². The molecule has 8 nitrogen and oxygen atoms in total. The van der Waals surface area contributed by atoms with E-state index < -0.39 is 17.5 Å². The standard InChI is InChI=1S/C25H30F2N5O3P/c1-15-11-31(12-15)19-9-10-29-22(30-17-5-7-18(8-6-17)34-25(26,27)36)20(19)21(28)16-13-32(14-16)23(33)35-24(2,3)4/h5-10,16,28H,1,11-14,36H2,2-4H3,(H,29,30). The van der Waals surface area contributed by atoms with Gasteiger partial charge in [-0.15, -0.1) is 0 Å². The lowest BCUT2D eigenvalue weighted by atomic mass is 9.88. The highest BCUT2D eigenvalue weighted by Crippen LogP contribution is 2.36. The normalized spacial score (nSPS) is 16.2. The van der Waals surface area contributed by atoms with Crippen LogP contribution in [-0.2, 0) is 4.74 Å². The quantitative estimate of drug-likeness (QED) is 0.297. The van der Waals surface area contributed by atoms with Crippen LogP contribution in [0, 0.1) is 11.3 Å². The van der Waals surface area contributed by atoms with Crippen LogP contribution in [0.3, 0.4) is 0 Å². The first kappa shape index (κ1) is 25.8. The molecule has 4 rings (SSSR count). The summed E-state index contributed by atoms with van der Waals surface area (Å²) in [5.41, 5.74) is 2.96. The molecule has 1 unspecified atom stereocenters. The SMILES string of the molecule is C=C1CN(c2ccnc(Nc3ccc(OC(F)(F)P)cc3)c2C(=N)C2CN(C(=O)OC(C)(C)C)C2)C1. The minimum absolute atomic E-state index is 0.0195. The maximum absolute atomic E-state index is 13.1. The Hall–Kier alpha value is -3.26. The van der Waals surface area contributed by atoms with E-state index in [2.05, 4.69) is 26.5 Å². The summed E-state index contributed by atoms with van der Waals surface area (Å²) in [6.45, 7) is 11.6. The van der Waals surface area contributed by atoms with Crippen LogP contribution in [0.4, 0.5) is 30.8 Å². The monoisotopic (exact) mass is 517 g/mol. The highest BCUT2D eigenvalue weighted by atomic mass is 31.0. The Balaban J connectivity index is 1.55. The first-order valence-electron chi connectivity index (χ1n) is 11.5. The molecule has 2 N–H and O–H groups in total. The van der Waals surface area contributed by atoms with Crippen molar-refractivity contribution in [3.05, 3.63) is 54.2 Å². The smallest absolute Gasteiger partial charge is 0.410 e. The van der Waals surface area contributed by atoms with Gasteiger partial charge in [-0.3, -0.25) is 0 Å². The van der Waals surface area contributed by atoms with Crippen molar-refractivity contribution in [3.8, 4) is 5.75 Å². The van der Waals surface area contributed by atoms with Crippen molar-refractivity contribution in [1.82, 2.24) is 9.88 Å². The molecule has 192 valence electrons. The maximum atomic E-state index is 13.1. The third kappa shape index (κ3) is 6.10. The van der Waals surface area contributed by atoms with Crippen molar-refractivity contribution in [3.63, 3.8) is 0 Å². The van der Waals surface area contributed by atoms with Crippen molar-refractivity contribution in [2.75, 3.05) is 36.4 Å². The van der Waals surface area contributed by atoms with Crippen LogP contribution in [0.25, 0.3) is 0 Å². The van der Waals surface area contributed by atoms with Crippen LogP contribution < -0.4 is 15.0 Å². The van der Waals surface area contributed by atoms with Gasteiger partial charge in [0.1, 0.15) is 17.2 Å². The number of hydrogen-bond acceptors (Lipinski definition) is 7. The van der Waals surface area contributed by atoms with Crippen molar-refractivity contribution in [2.45, 2.75) is 32.2 Å². The Morgan fingerprint density at radius 1 is 1.19 bits per heavy atom. The Labute approximate surface area is 211 Å². The van der Waals surface area contributed by atoms with E-state index in [9.17, 15) is 13.6 Å². The number of likely N-dealkylation sites (tertiary alicyclic amines) is 1. The van der Waals surface area contributed by atoms with Gasteiger partial charge in [-0.1, -0.05) is 6.58 Å². The number of carbonyl (C=O) groups is 1. The number of amides is 1. The Kier molecular flexibility index (Phi) is 6.92. The van der Waals surface area contributed by atoms with Crippen LogP contribution >= 0.6 is 9.24 Å². The molecule has 36 heavy (non-hydrogen) atoms. The van der Waals surface area contributed by atoms with Gasteiger partial charge in [0, 0.05) is 44.0 Å². The van der Waals surface area contributed by atoms with Gasteiger partial charge < -0.3 is 30.0 Å². The molecule has 1 atom stereocenters. The first-order valence-corrected chi connectivity index (χ1v) is 12.1. The van der Waals surface area contributed by atoms with Crippen LogP contribution in [0.15, 0.2) is 48.7 Å². The summed E-state index contributed by atoms with van der Waals surface area (Å²) < 4.78 is 36.2. The zero-order valence-electron chi connectivity index (χ0n) is 20.5. The number of nitrogens with one attached hydrogen (secondary N) is 2. The van der Waals surface area contributed by atoms with Crippen LogP contribution in [0.2, 0.25) is 0 Å². The van der Waals surface area contributed by atoms with E-state index in [1.807, 2.05) is 26.8 Å². The molecule has 1 amide bonds. The summed E-state index contributed by atoms with van der Waals surface area (Å²) >= 11 is 0. The van der Waals surface area contributed by atoms with Gasteiger partial charge in [0.25, 0.3) is 0 Å². The summed E-state index contributed by atoms with van der Waals surface area (Å²) in [4.78, 5) is 20.5. The highest BCUT2D eigenvalue weighted by Gasteiger charge is 2.38. The molecular formula is C25H30F2N5O3P. The Bertz CT molecular complexity index is 1160. The number of nitrogens with zero attached hydrogens (tertiary/aromatic N) is 3. The number of pyridine rings is 1. The molecule has 1 aromatic carbocycles. The second kappa shape index (κ2) is 9.65. The van der Waals surface area contributed by atoms with Crippen LogP contribution in [-0.4, -0.2) is 59.3 Å². The fourth-order valence-corrected chi connectivity index (χ4v) is 4.12. The van der Waals surface area contributed by atoms with Gasteiger partial charge in [0.2, 0.25) is 0 Å². The number of hydrogen-bond donors (Lipinski definition) is 2. The molecule has 2 aromatic rings. The van der Waals surface area contributed by atoms with E-state index in [4.69, 9.17) is 10.1 Å². The average Bonchev–Trinajstić information content (AvgIpc) is 2.69. The topological polar surface area (TPSA) is 90.8 Å². The van der Waals surface area contributed by atoms with Crippen LogP contribution in [0.5, 0.6) is 5.75 Å². The molecule has 1 aromatic heterocycles. The van der Waals surface area contributed by atoms with Gasteiger partial charge in [-0.05, 0) is 65.9 Å². The maximum Gasteiger partial charge on any atom is 0.410 e. The predicted molar refractivity (Wildman–Crippen MR) is 139 cm³/mol. The molecule has 3 heterocycles. The number of alkyl halides is 2. The minimum atomic E-state index is -3.36. The molecule has 2 fully saturated rings. The molecule has 2 aliphatic heterocycles. The van der Waals surface area contributed by atoms with E-state index in [1.165, 1.54) is 21.4 Å². The van der Waals surface area contributed by atoms with Crippen molar-refractivity contribution in [2.24, 2.45) is 5.92 Å². The number of halogens is 2. The molecule has 2 aliphatic rings. The van der Waals surface area contributed by atoms with Crippen molar-refractivity contribution >= 4 is 38.2 Å². The van der Waals surface area contributed by atoms with Crippen molar-refractivity contribution in [1.29, 1.82) is 5.41 Å². The fourth-order valence-electron chi connectivity index (χ4n) is 3.98. The highest BCUT2D eigenvalue weighted by molar-refractivity contribution is 7.17. The summed E-state index contributed by atoms with van der Waals surface area (Å²) in [5, 5.41) is 12.2. The molecule has 0 saturated carbocycles. The Morgan fingerprint density at radius 3 is 2.39 bits per heavy atom. The fraction of sp³-hybridized carbons (Fsp3) is 0.400. The van der Waals surface area contributed by atoms with E-state index in [-0.39, 0.29) is 11.7 Å². The predicted octanol–water partition coefficient (Wildman–Crippen LogP) is 5.24. The zero-order chi connectivity index (χ0) is 26.3. The lowest BCUT2D eigenvalue weighted by molar-refractivity contribution is -0.0892. The first-order chi connectivity index (χ1) is 16.8. The van der Waals surface area contributed by atoms with Gasteiger partial charge in [-0.2, -0.15) is 8.78 Å². The molecular weight excluding hydrogens is 487 g/mol. The lowest BCUT2D eigenvalue weighted by Crippen LogP contribution is -2.54. The van der Waals surface area contributed by atoms with E-state index in [1.54, 1.807) is 23.2 Å². The van der Waals surface area contributed by atoms with Crippen LogP contribution in [0.1, 0.15) is 26.3 Å². The van der Waals surface area contributed by atoms with E-state index in [0.29, 0.717) is 49.0 Å². The summed E-state index contributed by atoms with van der Waals surface area (Å²) in [6, 6.07) is 7.93. The Morgan fingerprint density at radius 2 is 1.83 bits per heavy atom. The molecule has 2 saturated heterocycles. The molecule has 11 heteroatoms. The average molecular weight is 518 g/mol. The number of rotatable bonds is 7. The summed E-state index contributed by atoms with van der Waals surface area (Å²) in [6.07, 6.45) is 1.27. The number of anilines is 3. The summed E-state index contributed by atoms with van der Waals surface area (Å²) in [5.74, 6) is -3.04. The largest absolute Gasteiger partial charge is 0.444 e. The lowest BCUT2D eigenvalue weighted by Gasteiger charge is -2.42. The second-order valence-corrected chi connectivity index (χ2v) is 10.6. The molecule has 0 bridgehead atoms. The number of aromatic nitrogens is 1.